The minimum absolute atomic E-state index is 0.0934. The van der Waals surface area contributed by atoms with Crippen molar-refractivity contribution in [2.45, 2.75) is 6.92 Å². The molecule has 132 valence electrons. The number of likely N-dealkylation sites (tertiary alicyclic amines) is 1. The molecule has 1 aromatic heterocycles. The lowest BCUT2D eigenvalue weighted by atomic mass is 9.96. The number of carbonyl (C=O) groups is 1. The van der Waals surface area contributed by atoms with Gasteiger partial charge >= 0.3 is 5.63 Å². The first-order valence-corrected chi connectivity index (χ1v) is 8.61. The van der Waals surface area contributed by atoms with Gasteiger partial charge in [-0.25, -0.2) is 4.79 Å². The third-order valence-electron chi connectivity index (χ3n) is 4.93. The SMILES string of the molecule is Cc1ccccc1-c1cc(=O)oc2cc(C(=O)N3CC(CO)C3)ccc12. The second-order valence-corrected chi connectivity index (χ2v) is 6.76. The quantitative estimate of drug-likeness (QED) is 0.738. The van der Waals surface area contributed by atoms with Gasteiger partial charge in [0.2, 0.25) is 0 Å². The van der Waals surface area contributed by atoms with E-state index < -0.39 is 5.63 Å². The summed E-state index contributed by atoms with van der Waals surface area (Å²) < 4.78 is 5.36. The van der Waals surface area contributed by atoms with Gasteiger partial charge in [-0.1, -0.05) is 24.3 Å². The molecule has 0 atom stereocenters. The minimum Gasteiger partial charge on any atom is -0.423 e. The van der Waals surface area contributed by atoms with Gasteiger partial charge in [-0.15, -0.1) is 0 Å². The Balaban J connectivity index is 1.77. The van der Waals surface area contributed by atoms with Crippen LogP contribution in [0.25, 0.3) is 22.1 Å². The van der Waals surface area contributed by atoms with Crippen LogP contribution in [-0.2, 0) is 0 Å². The van der Waals surface area contributed by atoms with E-state index in [2.05, 4.69) is 0 Å². The first kappa shape index (κ1) is 16.5. The van der Waals surface area contributed by atoms with Gasteiger partial charge in [0.1, 0.15) is 5.58 Å². The van der Waals surface area contributed by atoms with Crippen LogP contribution in [0.15, 0.2) is 57.7 Å². The Morgan fingerprint density at radius 3 is 2.65 bits per heavy atom. The van der Waals surface area contributed by atoms with Gasteiger partial charge in [-0.05, 0) is 36.2 Å². The van der Waals surface area contributed by atoms with Gasteiger partial charge in [-0.2, -0.15) is 0 Å². The highest BCUT2D eigenvalue weighted by Gasteiger charge is 2.30. The molecule has 0 bridgehead atoms. The van der Waals surface area contributed by atoms with E-state index >= 15 is 0 Å². The van der Waals surface area contributed by atoms with Crippen molar-refractivity contribution in [2.24, 2.45) is 5.92 Å². The number of carbonyl (C=O) groups excluding carboxylic acids is 1. The average Bonchev–Trinajstić information content (AvgIpc) is 2.60. The third kappa shape index (κ3) is 2.80. The van der Waals surface area contributed by atoms with Crippen molar-refractivity contribution in [2.75, 3.05) is 19.7 Å². The van der Waals surface area contributed by atoms with Gasteiger partial charge in [-0.3, -0.25) is 4.79 Å². The van der Waals surface area contributed by atoms with E-state index in [0.29, 0.717) is 24.2 Å². The van der Waals surface area contributed by atoms with Crippen molar-refractivity contribution in [1.82, 2.24) is 4.90 Å². The molecule has 26 heavy (non-hydrogen) atoms. The summed E-state index contributed by atoms with van der Waals surface area (Å²) in [6.07, 6.45) is 0. The Kier molecular flexibility index (Phi) is 4.09. The molecule has 1 aliphatic rings. The van der Waals surface area contributed by atoms with Crippen LogP contribution in [0.4, 0.5) is 0 Å². The molecule has 1 saturated heterocycles. The average molecular weight is 349 g/mol. The minimum atomic E-state index is -0.440. The highest BCUT2D eigenvalue weighted by Crippen LogP contribution is 2.30. The molecule has 1 amide bonds. The van der Waals surface area contributed by atoms with Gasteiger partial charge in [0.05, 0.1) is 0 Å². The summed E-state index contributed by atoms with van der Waals surface area (Å²) in [6.45, 7) is 3.20. The molecule has 1 aliphatic heterocycles. The van der Waals surface area contributed by atoms with Crippen LogP contribution in [0.1, 0.15) is 15.9 Å². The molecule has 0 spiro atoms. The molecule has 2 heterocycles. The largest absolute Gasteiger partial charge is 0.423 e. The van der Waals surface area contributed by atoms with Crippen LogP contribution >= 0.6 is 0 Å². The van der Waals surface area contributed by atoms with Crippen LogP contribution in [0.3, 0.4) is 0 Å². The molecular formula is C21H19NO4. The second-order valence-electron chi connectivity index (χ2n) is 6.76. The number of hydrogen-bond acceptors (Lipinski definition) is 4. The summed E-state index contributed by atoms with van der Waals surface area (Å²) >= 11 is 0. The molecule has 0 saturated carbocycles. The van der Waals surface area contributed by atoms with E-state index in [1.165, 1.54) is 6.07 Å². The standard InChI is InChI=1S/C21H19NO4/c1-13-4-2-3-5-16(13)18-9-20(24)26-19-8-15(6-7-17(18)19)21(25)22-10-14(11-22)12-23/h2-9,14,23H,10-12H2,1H3. The number of benzene rings is 2. The van der Waals surface area contributed by atoms with Gasteiger partial charge < -0.3 is 14.4 Å². The van der Waals surface area contributed by atoms with Gasteiger partial charge in [0.25, 0.3) is 5.91 Å². The maximum Gasteiger partial charge on any atom is 0.336 e. The van der Waals surface area contributed by atoms with E-state index in [1.807, 2.05) is 37.3 Å². The van der Waals surface area contributed by atoms with Gasteiger partial charge in [0.15, 0.2) is 0 Å². The Morgan fingerprint density at radius 2 is 1.92 bits per heavy atom. The van der Waals surface area contributed by atoms with Crippen molar-refractivity contribution in [3.05, 3.63) is 70.1 Å². The van der Waals surface area contributed by atoms with Crippen molar-refractivity contribution in [3.63, 3.8) is 0 Å². The number of amides is 1. The van der Waals surface area contributed by atoms with Crippen molar-refractivity contribution >= 4 is 16.9 Å². The summed E-state index contributed by atoms with van der Waals surface area (Å²) in [5, 5.41) is 9.90. The van der Waals surface area contributed by atoms with E-state index in [-0.39, 0.29) is 18.4 Å². The van der Waals surface area contributed by atoms with Crippen LogP contribution in [-0.4, -0.2) is 35.6 Å². The number of aryl methyl sites for hydroxylation is 1. The number of fused-ring (bicyclic) bond motifs is 1. The van der Waals surface area contributed by atoms with E-state index in [9.17, 15) is 9.59 Å². The van der Waals surface area contributed by atoms with Crippen LogP contribution < -0.4 is 5.63 Å². The highest BCUT2D eigenvalue weighted by atomic mass is 16.4. The molecule has 0 unspecified atom stereocenters. The fraction of sp³-hybridized carbons (Fsp3) is 0.238. The van der Waals surface area contributed by atoms with Crippen molar-refractivity contribution < 1.29 is 14.3 Å². The zero-order valence-electron chi connectivity index (χ0n) is 14.4. The molecule has 1 fully saturated rings. The lowest BCUT2D eigenvalue weighted by molar-refractivity contribution is 0.0362. The Morgan fingerprint density at radius 1 is 1.15 bits per heavy atom. The van der Waals surface area contributed by atoms with E-state index in [0.717, 1.165) is 22.1 Å². The maximum atomic E-state index is 12.6. The molecule has 5 nitrogen and oxygen atoms in total. The molecular weight excluding hydrogens is 330 g/mol. The molecule has 4 rings (SSSR count). The molecule has 0 aliphatic carbocycles. The monoisotopic (exact) mass is 349 g/mol. The summed E-state index contributed by atoms with van der Waals surface area (Å²) in [6, 6.07) is 14.6. The second kappa shape index (κ2) is 6.42. The zero-order chi connectivity index (χ0) is 18.3. The maximum absolute atomic E-state index is 12.6. The highest BCUT2D eigenvalue weighted by molar-refractivity contribution is 6.01. The number of nitrogens with zero attached hydrogens (tertiary/aromatic N) is 1. The predicted octanol–water partition coefficient (Wildman–Crippen LogP) is 2.83. The lowest BCUT2D eigenvalue weighted by Gasteiger charge is -2.38. The number of rotatable bonds is 3. The first-order chi connectivity index (χ1) is 12.6. The summed E-state index contributed by atoms with van der Waals surface area (Å²) in [5.74, 6) is 0.0468. The molecule has 3 aromatic rings. The third-order valence-corrected chi connectivity index (χ3v) is 4.93. The summed E-state index contributed by atoms with van der Waals surface area (Å²) in [5.41, 5.74) is 3.29. The molecule has 5 heteroatoms. The van der Waals surface area contributed by atoms with Gasteiger partial charge in [0, 0.05) is 48.2 Å². The predicted molar refractivity (Wildman–Crippen MR) is 99.1 cm³/mol. The Labute approximate surface area is 150 Å². The van der Waals surface area contributed by atoms with E-state index in [1.54, 1.807) is 17.0 Å². The zero-order valence-corrected chi connectivity index (χ0v) is 14.4. The van der Waals surface area contributed by atoms with Crippen LogP contribution in [0, 0.1) is 12.8 Å². The number of aliphatic hydroxyl groups is 1. The number of aliphatic hydroxyl groups excluding tert-OH is 1. The smallest absolute Gasteiger partial charge is 0.336 e. The normalized spacial score (nSPS) is 14.5. The fourth-order valence-corrected chi connectivity index (χ4v) is 3.43. The Bertz CT molecular complexity index is 1050. The van der Waals surface area contributed by atoms with E-state index in [4.69, 9.17) is 9.52 Å². The Hall–Kier alpha value is -2.92. The molecule has 1 N–H and O–H groups in total. The van der Waals surface area contributed by atoms with Crippen LogP contribution in [0.2, 0.25) is 0 Å². The first-order valence-electron chi connectivity index (χ1n) is 8.61. The molecule has 2 aromatic carbocycles. The number of hydrogen-bond donors (Lipinski definition) is 1. The topological polar surface area (TPSA) is 70.8 Å². The lowest BCUT2D eigenvalue weighted by Crippen LogP contribution is -2.51. The van der Waals surface area contributed by atoms with Crippen molar-refractivity contribution in [3.8, 4) is 11.1 Å². The van der Waals surface area contributed by atoms with Crippen molar-refractivity contribution in [1.29, 1.82) is 0 Å². The molecule has 0 radical (unpaired) electrons. The fourth-order valence-electron chi connectivity index (χ4n) is 3.43. The van der Waals surface area contributed by atoms with Crippen LogP contribution in [0.5, 0.6) is 0 Å². The summed E-state index contributed by atoms with van der Waals surface area (Å²) in [7, 11) is 0. The summed E-state index contributed by atoms with van der Waals surface area (Å²) in [4.78, 5) is 26.3.